The fraction of sp³-hybridized carbons (Fsp3) is 0.643. The third-order valence-electron chi connectivity index (χ3n) is 4.11. The van der Waals surface area contributed by atoms with Crippen LogP contribution in [-0.2, 0) is 4.74 Å². The first kappa shape index (κ1) is 12.7. The molecular formula is C14H22N4O. The molecule has 1 aromatic rings. The van der Waals surface area contributed by atoms with Crippen LogP contribution in [0.1, 0.15) is 12.8 Å². The normalized spacial score (nSPS) is 28.8. The Kier molecular flexibility index (Phi) is 3.33. The summed E-state index contributed by atoms with van der Waals surface area (Å²) in [5.74, 6) is 0.573. The summed E-state index contributed by atoms with van der Waals surface area (Å²) < 4.78 is 6.12. The molecule has 0 amide bonds. The van der Waals surface area contributed by atoms with Crippen molar-refractivity contribution in [1.82, 2.24) is 9.88 Å². The number of pyridine rings is 1. The van der Waals surface area contributed by atoms with Crippen LogP contribution in [0.5, 0.6) is 0 Å². The summed E-state index contributed by atoms with van der Waals surface area (Å²) in [6.45, 7) is 4.91. The van der Waals surface area contributed by atoms with E-state index >= 15 is 0 Å². The lowest BCUT2D eigenvalue weighted by molar-refractivity contribution is -0.108. The van der Waals surface area contributed by atoms with Crippen molar-refractivity contribution in [1.29, 1.82) is 0 Å². The summed E-state index contributed by atoms with van der Waals surface area (Å²) in [4.78, 5) is 8.93. The minimum Gasteiger partial charge on any atom is -0.384 e. The molecule has 3 rings (SSSR count). The maximum atomic E-state index is 6.12. The van der Waals surface area contributed by atoms with Crippen LogP contribution in [-0.4, -0.2) is 55.3 Å². The Hall–Kier alpha value is -1.33. The van der Waals surface area contributed by atoms with Crippen molar-refractivity contribution >= 4 is 11.5 Å². The lowest BCUT2D eigenvalue weighted by atomic mass is 9.90. The highest BCUT2D eigenvalue weighted by atomic mass is 16.5. The number of nitrogens with two attached hydrogens (primary N) is 1. The highest BCUT2D eigenvalue weighted by Crippen LogP contribution is 2.31. The van der Waals surface area contributed by atoms with Crippen molar-refractivity contribution in [2.75, 3.05) is 50.5 Å². The first-order valence-electron chi connectivity index (χ1n) is 6.96. The molecule has 2 N–H and O–H groups in total. The predicted molar refractivity (Wildman–Crippen MR) is 76.3 cm³/mol. The van der Waals surface area contributed by atoms with Crippen molar-refractivity contribution in [2.24, 2.45) is 0 Å². The fourth-order valence-electron chi connectivity index (χ4n) is 3.18. The van der Waals surface area contributed by atoms with E-state index < -0.39 is 0 Å². The minimum absolute atomic E-state index is 0.00731. The number of piperidine rings is 1. The number of likely N-dealkylation sites (N-methyl/N-ethyl adjacent to an activating group) is 1. The number of hydrogen-bond donors (Lipinski definition) is 1. The Morgan fingerprint density at radius 3 is 2.95 bits per heavy atom. The number of ether oxygens (including phenoxy) is 1. The molecular weight excluding hydrogens is 240 g/mol. The lowest BCUT2D eigenvalue weighted by Gasteiger charge is -2.47. The van der Waals surface area contributed by atoms with E-state index in [0.29, 0.717) is 5.82 Å². The van der Waals surface area contributed by atoms with Crippen molar-refractivity contribution < 1.29 is 4.74 Å². The Morgan fingerprint density at radius 1 is 1.32 bits per heavy atom. The zero-order chi connectivity index (χ0) is 13.3. The van der Waals surface area contributed by atoms with E-state index in [1.54, 1.807) is 0 Å². The van der Waals surface area contributed by atoms with Gasteiger partial charge in [-0.2, -0.15) is 0 Å². The molecule has 0 aliphatic carbocycles. The van der Waals surface area contributed by atoms with Gasteiger partial charge in [-0.25, -0.2) is 4.98 Å². The Morgan fingerprint density at radius 2 is 2.21 bits per heavy atom. The molecule has 2 saturated heterocycles. The van der Waals surface area contributed by atoms with E-state index in [9.17, 15) is 0 Å². The summed E-state index contributed by atoms with van der Waals surface area (Å²) in [7, 11) is 2.17. The van der Waals surface area contributed by atoms with Crippen molar-refractivity contribution in [3.05, 3.63) is 18.3 Å². The summed E-state index contributed by atoms with van der Waals surface area (Å²) in [5, 5.41) is 0. The molecule has 1 atom stereocenters. The highest BCUT2D eigenvalue weighted by Gasteiger charge is 2.39. The molecule has 104 valence electrons. The van der Waals surface area contributed by atoms with Crippen LogP contribution in [0.2, 0.25) is 0 Å². The van der Waals surface area contributed by atoms with E-state index in [1.807, 2.05) is 18.3 Å². The highest BCUT2D eigenvalue weighted by molar-refractivity contribution is 5.48. The molecule has 19 heavy (non-hydrogen) atoms. The monoisotopic (exact) mass is 262 g/mol. The Balaban J connectivity index is 1.75. The summed E-state index contributed by atoms with van der Waals surface area (Å²) in [5.41, 5.74) is 6.79. The van der Waals surface area contributed by atoms with Gasteiger partial charge in [-0.15, -0.1) is 0 Å². The number of nitrogen functional groups attached to an aromatic ring is 1. The second-order valence-corrected chi connectivity index (χ2v) is 5.74. The summed E-state index contributed by atoms with van der Waals surface area (Å²) in [6.07, 6.45) is 4.18. The van der Waals surface area contributed by atoms with Crippen molar-refractivity contribution in [3.63, 3.8) is 0 Å². The number of hydrogen-bond acceptors (Lipinski definition) is 5. The van der Waals surface area contributed by atoms with Gasteiger partial charge in [0.1, 0.15) is 5.82 Å². The number of nitrogens with zero attached hydrogens (tertiary/aromatic N) is 3. The van der Waals surface area contributed by atoms with Gasteiger partial charge in [0.15, 0.2) is 0 Å². The first-order chi connectivity index (χ1) is 9.17. The average Bonchev–Trinajstić information content (AvgIpc) is 2.39. The molecule has 0 saturated carbocycles. The molecule has 2 fully saturated rings. The minimum atomic E-state index is -0.00731. The molecule has 1 unspecified atom stereocenters. The van der Waals surface area contributed by atoms with Gasteiger partial charge in [-0.05, 0) is 32.0 Å². The standard InChI is InChI=1S/C14H22N4O/c1-17-7-8-19-14(10-17)5-2-6-18(11-14)12-3-4-13(15)16-9-12/h3-4,9H,2,5-8,10-11H2,1H3,(H2,15,16). The third kappa shape index (κ3) is 2.67. The molecule has 2 aliphatic heterocycles. The van der Waals surface area contributed by atoms with Gasteiger partial charge in [0.25, 0.3) is 0 Å². The summed E-state index contributed by atoms with van der Waals surface area (Å²) in [6, 6.07) is 3.92. The second kappa shape index (κ2) is 4.98. The van der Waals surface area contributed by atoms with E-state index in [1.165, 1.54) is 0 Å². The van der Waals surface area contributed by atoms with Crippen LogP contribution < -0.4 is 10.6 Å². The van der Waals surface area contributed by atoms with Crippen LogP contribution in [0.25, 0.3) is 0 Å². The molecule has 5 heteroatoms. The first-order valence-corrected chi connectivity index (χ1v) is 6.96. The third-order valence-corrected chi connectivity index (χ3v) is 4.11. The quantitative estimate of drug-likeness (QED) is 0.817. The fourth-order valence-corrected chi connectivity index (χ4v) is 3.18. The largest absolute Gasteiger partial charge is 0.384 e. The number of rotatable bonds is 1. The van der Waals surface area contributed by atoms with Crippen LogP contribution in [0, 0.1) is 0 Å². The van der Waals surface area contributed by atoms with Crippen molar-refractivity contribution in [2.45, 2.75) is 18.4 Å². The smallest absolute Gasteiger partial charge is 0.123 e. The lowest BCUT2D eigenvalue weighted by Crippen LogP contribution is -2.59. The molecule has 2 aliphatic rings. The van der Waals surface area contributed by atoms with Gasteiger partial charge in [0.05, 0.1) is 24.1 Å². The molecule has 1 aromatic heterocycles. The SMILES string of the molecule is CN1CCOC2(CCCN(c3ccc(N)nc3)C2)C1. The van der Waals surface area contributed by atoms with E-state index in [2.05, 4.69) is 21.8 Å². The van der Waals surface area contributed by atoms with E-state index in [4.69, 9.17) is 10.5 Å². The molecule has 0 bridgehead atoms. The Bertz CT molecular complexity index is 432. The van der Waals surface area contributed by atoms with Crippen LogP contribution >= 0.6 is 0 Å². The molecule has 0 radical (unpaired) electrons. The predicted octanol–water partition coefficient (Wildman–Crippen LogP) is 0.965. The zero-order valence-corrected chi connectivity index (χ0v) is 11.5. The maximum Gasteiger partial charge on any atom is 0.123 e. The molecule has 3 heterocycles. The van der Waals surface area contributed by atoms with Gasteiger partial charge >= 0.3 is 0 Å². The zero-order valence-electron chi connectivity index (χ0n) is 11.5. The van der Waals surface area contributed by atoms with Gasteiger partial charge in [-0.3, -0.25) is 0 Å². The van der Waals surface area contributed by atoms with Crippen LogP contribution in [0.3, 0.4) is 0 Å². The number of morpholine rings is 1. The van der Waals surface area contributed by atoms with Crippen LogP contribution in [0.4, 0.5) is 11.5 Å². The van der Waals surface area contributed by atoms with Gasteiger partial charge in [0.2, 0.25) is 0 Å². The number of anilines is 2. The van der Waals surface area contributed by atoms with Gasteiger partial charge in [0, 0.05) is 26.2 Å². The van der Waals surface area contributed by atoms with E-state index in [0.717, 1.165) is 51.3 Å². The molecule has 0 aromatic carbocycles. The van der Waals surface area contributed by atoms with Gasteiger partial charge in [-0.1, -0.05) is 0 Å². The van der Waals surface area contributed by atoms with Crippen molar-refractivity contribution in [3.8, 4) is 0 Å². The topological polar surface area (TPSA) is 54.6 Å². The van der Waals surface area contributed by atoms with E-state index in [-0.39, 0.29) is 5.60 Å². The maximum absolute atomic E-state index is 6.12. The molecule has 5 nitrogen and oxygen atoms in total. The average molecular weight is 262 g/mol. The van der Waals surface area contributed by atoms with Crippen LogP contribution in [0.15, 0.2) is 18.3 Å². The molecule has 1 spiro atoms. The summed E-state index contributed by atoms with van der Waals surface area (Å²) >= 11 is 0. The Labute approximate surface area is 114 Å². The second-order valence-electron chi connectivity index (χ2n) is 5.74. The number of aromatic nitrogens is 1. The van der Waals surface area contributed by atoms with Gasteiger partial charge < -0.3 is 20.3 Å².